The van der Waals surface area contributed by atoms with Crippen LogP contribution in [-0.2, 0) is 6.42 Å². The third-order valence-corrected chi connectivity index (χ3v) is 3.38. The van der Waals surface area contributed by atoms with Crippen molar-refractivity contribution in [1.29, 1.82) is 0 Å². The molecule has 3 heterocycles. The van der Waals surface area contributed by atoms with Gasteiger partial charge in [-0.2, -0.15) is 5.10 Å². The second kappa shape index (κ2) is 4.42. The summed E-state index contributed by atoms with van der Waals surface area (Å²) in [5.74, 6) is 0.795. The van der Waals surface area contributed by atoms with Crippen LogP contribution in [0.3, 0.4) is 0 Å². The van der Waals surface area contributed by atoms with Gasteiger partial charge in [-0.05, 0) is 13.8 Å². The van der Waals surface area contributed by atoms with E-state index in [1.54, 1.807) is 11.1 Å². The lowest BCUT2D eigenvalue weighted by atomic mass is 10.1. The molecule has 2 aromatic rings. The molecule has 100 valence electrons. The summed E-state index contributed by atoms with van der Waals surface area (Å²) in [5, 5.41) is 13.7. The Balaban J connectivity index is 1.90. The van der Waals surface area contributed by atoms with Gasteiger partial charge in [-0.15, -0.1) is 0 Å². The third kappa shape index (κ3) is 1.96. The molecule has 0 aliphatic carbocycles. The van der Waals surface area contributed by atoms with Gasteiger partial charge in [0.05, 0.1) is 23.3 Å². The van der Waals surface area contributed by atoms with Gasteiger partial charge in [0.2, 0.25) is 0 Å². The van der Waals surface area contributed by atoms with E-state index >= 15 is 0 Å². The van der Waals surface area contributed by atoms with Crippen molar-refractivity contribution in [2.75, 3.05) is 18.0 Å². The smallest absolute Gasteiger partial charge is 0.322 e. The van der Waals surface area contributed by atoms with Crippen LogP contribution >= 0.6 is 0 Å². The van der Waals surface area contributed by atoms with Crippen molar-refractivity contribution in [3.05, 3.63) is 28.9 Å². The van der Waals surface area contributed by atoms with Crippen molar-refractivity contribution >= 4 is 11.7 Å². The van der Waals surface area contributed by atoms with Gasteiger partial charge in [-0.25, -0.2) is 4.79 Å². The zero-order valence-corrected chi connectivity index (χ0v) is 10.9. The van der Waals surface area contributed by atoms with Crippen LogP contribution in [0.25, 0.3) is 0 Å². The highest BCUT2D eigenvalue weighted by atomic mass is 16.5. The summed E-state index contributed by atoms with van der Waals surface area (Å²) in [4.78, 5) is 13.4. The van der Waals surface area contributed by atoms with Gasteiger partial charge < -0.3 is 9.84 Å². The molecule has 2 amide bonds. The first kappa shape index (κ1) is 11.8. The van der Waals surface area contributed by atoms with E-state index in [4.69, 9.17) is 4.52 Å². The van der Waals surface area contributed by atoms with E-state index in [-0.39, 0.29) is 6.03 Å². The number of carbonyl (C=O) groups excluding carboxylic acids is 1. The molecule has 1 aliphatic rings. The minimum Gasteiger partial charge on any atom is -0.361 e. The molecular formula is C12H15N5O2. The SMILES string of the molecule is Cc1noc(C)c1Cc1[nH]ncc1N1CCNC1=O. The van der Waals surface area contributed by atoms with E-state index < -0.39 is 0 Å². The fourth-order valence-electron chi connectivity index (χ4n) is 2.30. The maximum atomic E-state index is 11.7. The molecule has 0 bridgehead atoms. The summed E-state index contributed by atoms with van der Waals surface area (Å²) < 4.78 is 5.15. The number of amides is 2. The molecule has 19 heavy (non-hydrogen) atoms. The maximum absolute atomic E-state index is 11.7. The quantitative estimate of drug-likeness (QED) is 0.867. The van der Waals surface area contributed by atoms with Gasteiger partial charge in [-0.3, -0.25) is 10.00 Å². The van der Waals surface area contributed by atoms with Gasteiger partial charge in [-0.1, -0.05) is 5.16 Å². The second-order valence-corrected chi connectivity index (χ2v) is 4.60. The first-order chi connectivity index (χ1) is 9.16. The first-order valence-corrected chi connectivity index (χ1v) is 6.16. The Morgan fingerprint density at radius 3 is 2.95 bits per heavy atom. The fourth-order valence-corrected chi connectivity index (χ4v) is 2.30. The number of rotatable bonds is 3. The van der Waals surface area contributed by atoms with E-state index in [9.17, 15) is 4.79 Å². The van der Waals surface area contributed by atoms with E-state index in [0.717, 1.165) is 28.4 Å². The number of hydrogen-bond donors (Lipinski definition) is 2. The molecule has 1 fully saturated rings. The molecule has 1 saturated heterocycles. The number of H-pyrrole nitrogens is 1. The number of carbonyl (C=O) groups is 1. The van der Waals surface area contributed by atoms with Gasteiger partial charge >= 0.3 is 6.03 Å². The van der Waals surface area contributed by atoms with Crippen molar-refractivity contribution in [1.82, 2.24) is 20.7 Å². The molecule has 1 aliphatic heterocycles. The van der Waals surface area contributed by atoms with Crippen LogP contribution in [0.5, 0.6) is 0 Å². The largest absolute Gasteiger partial charge is 0.361 e. The van der Waals surface area contributed by atoms with Gasteiger partial charge in [0, 0.05) is 25.1 Å². The van der Waals surface area contributed by atoms with E-state index in [0.29, 0.717) is 19.5 Å². The number of aryl methyl sites for hydroxylation is 2. The molecule has 0 spiro atoms. The lowest BCUT2D eigenvalue weighted by molar-refractivity contribution is 0.252. The van der Waals surface area contributed by atoms with Crippen molar-refractivity contribution < 1.29 is 9.32 Å². The predicted octanol–water partition coefficient (Wildman–Crippen LogP) is 1.13. The van der Waals surface area contributed by atoms with Gasteiger partial charge in [0.15, 0.2) is 0 Å². The Morgan fingerprint density at radius 1 is 1.47 bits per heavy atom. The molecule has 2 aromatic heterocycles. The van der Waals surface area contributed by atoms with Crippen molar-refractivity contribution in [3.8, 4) is 0 Å². The standard InChI is InChI=1S/C12H15N5O2/c1-7-9(8(2)19-16-7)5-10-11(6-14-15-10)17-4-3-13-12(17)18/h6H,3-5H2,1-2H3,(H,13,18)(H,14,15). The normalized spacial score (nSPS) is 15.1. The van der Waals surface area contributed by atoms with Gasteiger partial charge in [0.1, 0.15) is 5.76 Å². The minimum atomic E-state index is -0.0820. The average Bonchev–Trinajstić information content (AvgIpc) is 3.06. The van der Waals surface area contributed by atoms with Crippen LogP contribution in [0.4, 0.5) is 10.5 Å². The molecule has 0 unspecified atom stereocenters. The number of hydrogen-bond acceptors (Lipinski definition) is 4. The second-order valence-electron chi connectivity index (χ2n) is 4.60. The topological polar surface area (TPSA) is 87.1 Å². The highest BCUT2D eigenvalue weighted by molar-refractivity contribution is 5.94. The molecule has 7 heteroatoms. The average molecular weight is 261 g/mol. The number of anilines is 1. The Hall–Kier alpha value is -2.31. The zero-order valence-electron chi connectivity index (χ0n) is 10.9. The Kier molecular flexibility index (Phi) is 2.73. The molecule has 0 aromatic carbocycles. The highest BCUT2D eigenvalue weighted by Gasteiger charge is 2.25. The fraction of sp³-hybridized carbons (Fsp3) is 0.417. The minimum absolute atomic E-state index is 0.0820. The van der Waals surface area contributed by atoms with Crippen LogP contribution in [0.2, 0.25) is 0 Å². The first-order valence-electron chi connectivity index (χ1n) is 6.16. The number of aromatic nitrogens is 3. The zero-order chi connectivity index (χ0) is 13.4. The summed E-state index contributed by atoms with van der Waals surface area (Å²) in [7, 11) is 0. The van der Waals surface area contributed by atoms with E-state index in [2.05, 4.69) is 20.7 Å². The number of aromatic amines is 1. The molecule has 0 radical (unpaired) electrons. The Labute approximate surface area is 110 Å². The molecular weight excluding hydrogens is 246 g/mol. The van der Waals surface area contributed by atoms with Crippen LogP contribution in [0.1, 0.15) is 22.7 Å². The Morgan fingerprint density at radius 2 is 2.32 bits per heavy atom. The summed E-state index contributed by atoms with van der Waals surface area (Å²) in [6, 6.07) is -0.0820. The monoisotopic (exact) mass is 261 g/mol. The van der Waals surface area contributed by atoms with Gasteiger partial charge in [0.25, 0.3) is 0 Å². The highest BCUT2D eigenvalue weighted by Crippen LogP contribution is 2.24. The van der Waals surface area contributed by atoms with Crippen LogP contribution in [0, 0.1) is 13.8 Å². The van der Waals surface area contributed by atoms with E-state index in [1.807, 2.05) is 13.8 Å². The summed E-state index contributed by atoms with van der Waals surface area (Å²) in [6.07, 6.45) is 2.30. The third-order valence-electron chi connectivity index (χ3n) is 3.38. The molecule has 3 rings (SSSR count). The molecule has 0 saturated carbocycles. The molecule has 7 nitrogen and oxygen atoms in total. The summed E-state index contributed by atoms with van der Waals surface area (Å²) >= 11 is 0. The lowest BCUT2D eigenvalue weighted by Gasteiger charge is -2.13. The summed E-state index contributed by atoms with van der Waals surface area (Å²) in [6.45, 7) is 5.11. The van der Waals surface area contributed by atoms with Crippen molar-refractivity contribution in [3.63, 3.8) is 0 Å². The van der Waals surface area contributed by atoms with Crippen LogP contribution in [0.15, 0.2) is 10.7 Å². The van der Waals surface area contributed by atoms with Crippen LogP contribution < -0.4 is 10.2 Å². The lowest BCUT2D eigenvalue weighted by Crippen LogP contribution is -2.28. The maximum Gasteiger partial charge on any atom is 0.322 e. The predicted molar refractivity (Wildman–Crippen MR) is 68.1 cm³/mol. The van der Waals surface area contributed by atoms with Crippen LogP contribution in [-0.4, -0.2) is 34.5 Å². The molecule has 0 atom stereocenters. The number of urea groups is 1. The van der Waals surface area contributed by atoms with Crippen molar-refractivity contribution in [2.45, 2.75) is 20.3 Å². The number of nitrogens with zero attached hydrogens (tertiary/aromatic N) is 3. The Bertz CT molecular complexity index is 596. The van der Waals surface area contributed by atoms with E-state index in [1.165, 1.54) is 0 Å². The van der Waals surface area contributed by atoms with Crippen molar-refractivity contribution in [2.24, 2.45) is 0 Å². The molecule has 2 N–H and O–H groups in total. The number of nitrogens with one attached hydrogen (secondary N) is 2. The summed E-state index contributed by atoms with van der Waals surface area (Å²) in [5.41, 5.74) is 3.61.